The van der Waals surface area contributed by atoms with Crippen LogP contribution in [-0.2, 0) is 26.3 Å². The number of aromatic hydroxyl groups is 1. The number of nitrogens with one attached hydrogen (secondary N) is 1. The Morgan fingerprint density at radius 1 is 1.10 bits per heavy atom. The number of nitrogens with zero attached hydrogens (tertiary/aromatic N) is 1. The van der Waals surface area contributed by atoms with Gasteiger partial charge in [-0.1, -0.05) is 75.6 Å². The third kappa shape index (κ3) is 9.73. The molecular formula is C33H49ClN2O5. The summed E-state index contributed by atoms with van der Waals surface area (Å²) in [4.78, 5) is 28.1. The third-order valence-corrected chi connectivity index (χ3v) is 9.26. The van der Waals surface area contributed by atoms with Gasteiger partial charge in [-0.3, -0.25) is 9.59 Å². The van der Waals surface area contributed by atoms with Gasteiger partial charge in [-0.05, 0) is 79.3 Å². The number of phenolic OH excluding ortho intramolecular Hbond substituents is 1. The van der Waals surface area contributed by atoms with Crippen molar-refractivity contribution in [2.75, 3.05) is 26.2 Å². The first-order chi connectivity index (χ1) is 18.8. The van der Waals surface area contributed by atoms with E-state index in [1.165, 1.54) is 24.8 Å². The van der Waals surface area contributed by atoms with Gasteiger partial charge >= 0.3 is 5.97 Å². The van der Waals surface area contributed by atoms with Crippen LogP contribution in [0.1, 0.15) is 76.3 Å². The second-order valence-corrected chi connectivity index (χ2v) is 11.9. The van der Waals surface area contributed by atoms with Crippen LogP contribution < -0.4 is 5.32 Å². The first kappa shape index (κ1) is 34.6. The SMILES string of the molecule is CC1CN(CCC(C(=O)NCCC(=O)OCc2ccccc2)C2CCCCC2)CCC1(C)c1cccc(O)c1.Cl.O. The standard InChI is InChI=1S/C33H46N2O4.ClH.H2O/c1-25-23-35(21-18-33(25,2)28-14-9-15-29(36)22-28)20-17-30(27-12-7-4-8-13-27)32(38)34-19-16-31(37)39-24-26-10-5-3-6-11-26;;/h3,5-6,9-11,14-15,22,25,27,30,36H,4,7-8,12-13,16-21,23-24H2,1-2H3,(H,34,38);1H;1H2. The minimum Gasteiger partial charge on any atom is -0.508 e. The molecular weight excluding hydrogens is 540 g/mol. The molecule has 1 saturated heterocycles. The van der Waals surface area contributed by atoms with Crippen LogP contribution in [0, 0.1) is 17.8 Å². The van der Waals surface area contributed by atoms with Crippen molar-refractivity contribution in [2.24, 2.45) is 17.8 Å². The number of carbonyl (C=O) groups is 2. The minimum atomic E-state index is -0.287. The van der Waals surface area contributed by atoms with E-state index in [4.69, 9.17) is 4.74 Å². The molecule has 3 atom stereocenters. The fourth-order valence-electron chi connectivity index (χ4n) is 6.48. The lowest BCUT2D eigenvalue weighted by atomic mass is 9.68. The number of halogens is 1. The zero-order valence-electron chi connectivity index (χ0n) is 24.6. The van der Waals surface area contributed by atoms with Crippen LogP contribution in [0.15, 0.2) is 54.6 Å². The Morgan fingerprint density at radius 3 is 2.51 bits per heavy atom. The molecule has 1 amide bonds. The van der Waals surface area contributed by atoms with Gasteiger partial charge in [0.1, 0.15) is 12.4 Å². The predicted molar refractivity (Wildman–Crippen MR) is 165 cm³/mol. The molecule has 1 saturated carbocycles. The molecule has 1 aliphatic carbocycles. The van der Waals surface area contributed by atoms with E-state index >= 15 is 0 Å². The number of esters is 1. The van der Waals surface area contributed by atoms with Crippen molar-refractivity contribution in [3.8, 4) is 5.75 Å². The highest BCUT2D eigenvalue weighted by atomic mass is 35.5. The zero-order valence-corrected chi connectivity index (χ0v) is 25.5. The average molecular weight is 589 g/mol. The summed E-state index contributed by atoms with van der Waals surface area (Å²) in [5.41, 5.74) is 2.20. The fraction of sp³-hybridized carbons (Fsp3) is 0.576. The Hall–Kier alpha value is -2.61. The van der Waals surface area contributed by atoms with E-state index < -0.39 is 0 Å². The minimum absolute atomic E-state index is 0. The van der Waals surface area contributed by atoms with Crippen molar-refractivity contribution in [3.05, 3.63) is 65.7 Å². The van der Waals surface area contributed by atoms with Gasteiger partial charge in [0.2, 0.25) is 5.91 Å². The van der Waals surface area contributed by atoms with Gasteiger partial charge in [-0.15, -0.1) is 12.4 Å². The molecule has 3 unspecified atom stereocenters. The molecule has 228 valence electrons. The summed E-state index contributed by atoms with van der Waals surface area (Å²) in [5, 5.41) is 13.1. The third-order valence-electron chi connectivity index (χ3n) is 9.26. The quantitative estimate of drug-likeness (QED) is 0.340. The van der Waals surface area contributed by atoms with Gasteiger partial charge < -0.3 is 25.5 Å². The van der Waals surface area contributed by atoms with Crippen molar-refractivity contribution < 1.29 is 24.9 Å². The van der Waals surface area contributed by atoms with Crippen molar-refractivity contribution in [2.45, 2.75) is 77.2 Å². The Morgan fingerprint density at radius 2 is 1.83 bits per heavy atom. The highest BCUT2D eigenvalue weighted by Gasteiger charge is 2.38. The Bertz CT molecular complexity index is 1080. The molecule has 0 spiro atoms. The van der Waals surface area contributed by atoms with E-state index in [1.54, 1.807) is 6.07 Å². The lowest BCUT2D eigenvalue weighted by molar-refractivity contribution is -0.144. The number of likely N-dealkylation sites (tertiary alicyclic amines) is 1. The molecule has 0 bridgehead atoms. The molecule has 2 fully saturated rings. The number of amides is 1. The van der Waals surface area contributed by atoms with E-state index in [0.29, 0.717) is 24.1 Å². The second kappa shape index (κ2) is 16.7. The summed E-state index contributed by atoms with van der Waals surface area (Å²) in [6, 6.07) is 17.4. The van der Waals surface area contributed by atoms with Gasteiger partial charge in [-0.25, -0.2) is 0 Å². The van der Waals surface area contributed by atoms with E-state index in [2.05, 4.69) is 30.1 Å². The van der Waals surface area contributed by atoms with Crippen LogP contribution in [0.25, 0.3) is 0 Å². The number of ether oxygens (including phenoxy) is 1. The lowest BCUT2D eigenvalue weighted by Gasteiger charge is -2.45. The second-order valence-electron chi connectivity index (χ2n) is 11.9. The van der Waals surface area contributed by atoms with Crippen molar-refractivity contribution in [3.63, 3.8) is 0 Å². The van der Waals surface area contributed by atoms with Gasteiger partial charge in [0.05, 0.1) is 6.42 Å². The maximum atomic E-state index is 13.4. The Labute approximate surface area is 251 Å². The summed E-state index contributed by atoms with van der Waals surface area (Å²) in [5.74, 6) is 0.979. The van der Waals surface area contributed by atoms with Crippen molar-refractivity contribution >= 4 is 24.3 Å². The summed E-state index contributed by atoms with van der Waals surface area (Å²) in [7, 11) is 0. The van der Waals surface area contributed by atoms with Gasteiger partial charge in [0, 0.05) is 19.0 Å². The molecule has 2 aromatic rings. The molecule has 41 heavy (non-hydrogen) atoms. The molecule has 2 aliphatic rings. The van der Waals surface area contributed by atoms with Crippen molar-refractivity contribution in [1.29, 1.82) is 0 Å². The molecule has 4 rings (SSSR count). The van der Waals surface area contributed by atoms with E-state index in [-0.39, 0.29) is 54.1 Å². The topological polar surface area (TPSA) is 110 Å². The number of carbonyl (C=O) groups excluding carboxylic acids is 2. The highest BCUT2D eigenvalue weighted by molar-refractivity contribution is 5.85. The highest BCUT2D eigenvalue weighted by Crippen LogP contribution is 2.40. The number of phenols is 1. The molecule has 8 heteroatoms. The number of hydrogen-bond donors (Lipinski definition) is 2. The molecule has 0 aromatic heterocycles. The Kier molecular flexibility index (Phi) is 14.1. The molecule has 0 radical (unpaired) electrons. The number of benzene rings is 2. The molecule has 1 heterocycles. The van der Waals surface area contributed by atoms with E-state index in [1.807, 2.05) is 42.5 Å². The maximum Gasteiger partial charge on any atom is 0.307 e. The molecule has 1 aliphatic heterocycles. The smallest absolute Gasteiger partial charge is 0.307 e. The van der Waals surface area contributed by atoms with E-state index in [9.17, 15) is 14.7 Å². The lowest BCUT2D eigenvalue weighted by Crippen LogP contribution is -2.48. The first-order valence-corrected chi connectivity index (χ1v) is 14.8. The van der Waals surface area contributed by atoms with Crippen LogP contribution in [0.5, 0.6) is 5.75 Å². The number of hydrogen-bond acceptors (Lipinski definition) is 5. The fourth-order valence-corrected chi connectivity index (χ4v) is 6.48. The molecule has 2 aromatic carbocycles. The normalized spacial score (nSPS) is 22.0. The summed E-state index contributed by atoms with van der Waals surface area (Å²) >= 11 is 0. The zero-order chi connectivity index (χ0) is 27.7. The van der Waals surface area contributed by atoms with Gasteiger partial charge in [0.25, 0.3) is 0 Å². The molecule has 7 nitrogen and oxygen atoms in total. The van der Waals surface area contributed by atoms with Crippen LogP contribution in [-0.4, -0.2) is 53.5 Å². The average Bonchev–Trinajstić information content (AvgIpc) is 2.95. The predicted octanol–water partition coefficient (Wildman–Crippen LogP) is 5.43. The van der Waals surface area contributed by atoms with Gasteiger partial charge in [0.15, 0.2) is 0 Å². The van der Waals surface area contributed by atoms with Crippen LogP contribution in [0.2, 0.25) is 0 Å². The Balaban J connectivity index is 0.00000294. The van der Waals surface area contributed by atoms with Crippen molar-refractivity contribution in [1.82, 2.24) is 10.2 Å². The van der Waals surface area contributed by atoms with Crippen LogP contribution >= 0.6 is 12.4 Å². The van der Waals surface area contributed by atoms with Crippen LogP contribution in [0.3, 0.4) is 0 Å². The summed E-state index contributed by atoms with van der Waals surface area (Å²) in [6.45, 7) is 8.08. The summed E-state index contributed by atoms with van der Waals surface area (Å²) < 4.78 is 5.37. The maximum absolute atomic E-state index is 13.4. The van der Waals surface area contributed by atoms with Gasteiger partial charge in [-0.2, -0.15) is 0 Å². The molecule has 4 N–H and O–H groups in total. The summed E-state index contributed by atoms with van der Waals surface area (Å²) in [6.07, 6.45) is 7.95. The monoisotopic (exact) mass is 588 g/mol. The number of rotatable bonds is 11. The largest absolute Gasteiger partial charge is 0.508 e. The van der Waals surface area contributed by atoms with Crippen LogP contribution in [0.4, 0.5) is 0 Å². The first-order valence-electron chi connectivity index (χ1n) is 14.8. The van der Waals surface area contributed by atoms with E-state index in [0.717, 1.165) is 50.9 Å². The number of piperidine rings is 1.